The standard InChI is InChI=1S/C20H28N4O/c21-20(22-9-3-11-24-12-14-25-15-13-24)23-10-8-17-6-7-18-4-1-2-5-19(18)16-17/h1-2,4-7,16H,3,8-15H2,(H3,21,22,23). The number of hydrogen-bond donors (Lipinski definition) is 2. The third kappa shape index (κ3) is 5.73. The maximum absolute atomic E-state index is 5.95. The third-order valence-corrected chi connectivity index (χ3v) is 4.55. The minimum absolute atomic E-state index is 0.544. The number of nitrogens with zero attached hydrogens (tertiary/aromatic N) is 2. The Morgan fingerprint density at radius 1 is 1.12 bits per heavy atom. The minimum atomic E-state index is 0.544. The highest BCUT2D eigenvalue weighted by atomic mass is 16.5. The number of hydrogen-bond acceptors (Lipinski definition) is 3. The van der Waals surface area contributed by atoms with Gasteiger partial charge in [-0.25, -0.2) is 0 Å². The third-order valence-electron chi connectivity index (χ3n) is 4.55. The molecule has 0 aromatic heterocycles. The van der Waals surface area contributed by atoms with Gasteiger partial charge in [-0.05, 0) is 29.2 Å². The number of morpholine rings is 1. The summed E-state index contributed by atoms with van der Waals surface area (Å²) >= 11 is 0. The summed E-state index contributed by atoms with van der Waals surface area (Å²) in [5.74, 6) is 0.544. The Morgan fingerprint density at radius 3 is 2.76 bits per heavy atom. The topological polar surface area (TPSA) is 62.9 Å². The van der Waals surface area contributed by atoms with Crippen LogP contribution in [0.25, 0.3) is 10.8 Å². The molecule has 2 aromatic rings. The second-order valence-corrected chi connectivity index (χ2v) is 6.43. The van der Waals surface area contributed by atoms with Crippen LogP contribution >= 0.6 is 0 Å². The van der Waals surface area contributed by atoms with Gasteiger partial charge in [0, 0.05) is 32.7 Å². The minimum Gasteiger partial charge on any atom is -0.379 e. The van der Waals surface area contributed by atoms with Crippen LogP contribution in [0.4, 0.5) is 0 Å². The van der Waals surface area contributed by atoms with E-state index in [0.29, 0.717) is 5.96 Å². The van der Waals surface area contributed by atoms with Crippen LogP contribution in [0.15, 0.2) is 47.5 Å². The van der Waals surface area contributed by atoms with Crippen LogP contribution in [0, 0.1) is 0 Å². The summed E-state index contributed by atoms with van der Waals surface area (Å²) in [5.41, 5.74) is 7.26. The molecule has 3 N–H and O–H groups in total. The Hall–Kier alpha value is -2.11. The molecule has 25 heavy (non-hydrogen) atoms. The molecule has 1 heterocycles. The van der Waals surface area contributed by atoms with Crippen molar-refractivity contribution in [2.45, 2.75) is 12.8 Å². The Kier molecular flexibility index (Phi) is 6.65. The summed E-state index contributed by atoms with van der Waals surface area (Å²) in [4.78, 5) is 6.83. The molecule has 1 saturated heterocycles. The largest absolute Gasteiger partial charge is 0.379 e. The molecular weight excluding hydrogens is 312 g/mol. The van der Waals surface area contributed by atoms with Crippen molar-refractivity contribution >= 4 is 16.7 Å². The lowest BCUT2D eigenvalue weighted by Crippen LogP contribution is -2.37. The summed E-state index contributed by atoms with van der Waals surface area (Å²) < 4.78 is 5.35. The highest BCUT2D eigenvalue weighted by Crippen LogP contribution is 2.15. The Balaban J connectivity index is 1.35. The summed E-state index contributed by atoms with van der Waals surface area (Å²) in [6, 6.07) is 15.0. The van der Waals surface area contributed by atoms with E-state index in [1.807, 2.05) is 0 Å². The fraction of sp³-hybridized carbons (Fsp3) is 0.450. The SMILES string of the molecule is NC(=NCCCN1CCOCC1)NCCc1ccc2ccccc2c1. The lowest BCUT2D eigenvalue weighted by Gasteiger charge is -2.26. The zero-order valence-corrected chi connectivity index (χ0v) is 14.8. The predicted molar refractivity (Wildman–Crippen MR) is 104 cm³/mol. The van der Waals surface area contributed by atoms with Crippen molar-refractivity contribution in [1.29, 1.82) is 0 Å². The zero-order chi connectivity index (χ0) is 17.3. The number of benzene rings is 2. The number of nitrogens with one attached hydrogen (secondary N) is 1. The van der Waals surface area contributed by atoms with Crippen LogP contribution in [0.2, 0.25) is 0 Å². The van der Waals surface area contributed by atoms with E-state index >= 15 is 0 Å². The lowest BCUT2D eigenvalue weighted by atomic mass is 10.1. The van der Waals surface area contributed by atoms with Crippen LogP contribution in [0.3, 0.4) is 0 Å². The van der Waals surface area contributed by atoms with Crippen LogP contribution in [-0.4, -0.2) is 56.8 Å². The molecule has 0 amide bonds. The van der Waals surface area contributed by atoms with E-state index in [4.69, 9.17) is 10.5 Å². The van der Waals surface area contributed by atoms with E-state index in [9.17, 15) is 0 Å². The monoisotopic (exact) mass is 340 g/mol. The van der Waals surface area contributed by atoms with Crippen molar-refractivity contribution in [3.05, 3.63) is 48.0 Å². The second kappa shape index (κ2) is 9.39. The lowest BCUT2D eigenvalue weighted by molar-refractivity contribution is 0.0377. The molecule has 0 saturated carbocycles. The highest BCUT2D eigenvalue weighted by Gasteiger charge is 2.08. The van der Waals surface area contributed by atoms with Crippen molar-refractivity contribution in [3.8, 4) is 0 Å². The molecule has 2 aromatic carbocycles. The summed E-state index contributed by atoms with van der Waals surface area (Å²) in [6.45, 7) is 6.40. The van der Waals surface area contributed by atoms with Crippen molar-refractivity contribution < 1.29 is 4.74 Å². The van der Waals surface area contributed by atoms with Gasteiger partial charge in [0.05, 0.1) is 13.2 Å². The quantitative estimate of drug-likeness (QED) is 0.460. The smallest absolute Gasteiger partial charge is 0.188 e. The molecule has 1 fully saturated rings. The molecule has 5 heteroatoms. The van der Waals surface area contributed by atoms with Gasteiger partial charge in [-0.2, -0.15) is 0 Å². The number of ether oxygens (including phenoxy) is 1. The molecule has 0 bridgehead atoms. The number of rotatable bonds is 7. The predicted octanol–water partition coefficient (Wildman–Crippen LogP) is 2.01. The number of fused-ring (bicyclic) bond motifs is 1. The van der Waals surface area contributed by atoms with Gasteiger partial charge < -0.3 is 15.8 Å². The van der Waals surface area contributed by atoms with Crippen LogP contribution in [-0.2, 0) is 11.2 Å². The molecule has 134 valence electrons. The molecule has 0 atom stereocenters. The first kappa shape index (κ1) is 17.7. The molecule has 1 aliphatic rings. The Morgan fingerprint density at radius 2 is 1.92 bits per heavy atom. The molecule has 5 nitrogen and oxygen atoms in total. The van der Waals surface area contributed by atoms with E-state index in [-0.39, 0.29) is 0 Å². The number of guanidine groups is 1. The molecular formula is C20H28N4O. The van der Waals surface area contributed by atoms with E-state index in [1.54, 1.807) is 0 Å². The first-order valence-corrected chi connectivity index (χ1v) is 9.13. The van der Waals surface area contributed by atoms with E-state index < -0.39 is 0 Å². The molecule has 1 aliphatic heterocycles. The van der Waals surface area contributed by atoms with Crippen molar-refractivity contribution in [2.24, 2.45) is 10.7 Å². The maximum atomic E-state index is 5.95. The van der Waals surface area contributed by atoms with Crippen molar-refractivity contribution in [1.82, 2.24) is 10.2 Å². The van der Waals surface area contributed by atoms with E-state index in [0.717, 1.165) is 58.8 Å². The van der Waals surface area contributed by atoms with Crippen LogP contribution in [0.5, 0.6) is 0 Å². The normalized spacial score (nSPS) is 16.2. The average Bonchev–Trinajstić information content (AvgIpc) is 2.66. The van der Waals surface area contributed by atoms with Gasteiger partial charge in [0.25, 0.3) is 0 Å². The van der Waals surface area contributed by atoms with Crippen LogP contribution in [0.1, 0.15) is 12.0 Å². The average molecular weight is 340 g/mol. The van der Waals surface area contributed by atoms with E-state index in [1.165, 1.54) is 16.3 Å². The summed E-state index contributed by atoms with van der Waals surface area (Å²) in [7, 11) is 0. The fourth-order valence-corrected chi connectivity index (χ4v) is 3.10. The first-order chi connectivity index (χ1) is 12.3. The highest BCUT2D eigenvalue weighted by molar-refractivity contribution is 5.83. The van der Waals surface area contributed by atoms with Gasteiger partial charge >= 0.3 is 0 Å². The molecule has 3 rings (SSSR count). The Bertz CT molecular complexity index is 695. The molecule has 0 radical (unpaired) electrons. The van der Waals surface area contributed by atoms with Crippen molar-refractivity contribution in [2.75, 3.05) is 45.9 Å². The maximum Gasteiger partial charge on any atom is 0.188 e. The van der Waals surface area contributed by atoms with Gasteiger partial charge in [0.1, 0.15) is 0 Å². The van der Waals surface area contributed by atoms with Gasteiger partial charge in [-0.3, -0.25) is 9.89 Å². The first-order valence-electron chi connectivity index (χ1n) is 9.13. The Labute approximate surface area is 149 Å². The molecule has 0 unspecified atom stereocenters. The number of aliphatic imine (C=N–C) groups is 1. The van der Waals surface area contributed by atoms with Gasteiger partial charge in [-0.15, -0.1) is 0 Å². The van der Waals surface area contributed by atoms with E-state index in [2.05, 4.69) is 57.7 Å². The molecule has 0 spiro atoms. The van der Waals surface area contributed by atoms with Crippen molar-refractivity contribution in [3.63, 3.8) is 0 Å². The number of nitrogens with two attached hydrogens (primary N) is 1. The summed E-state index contributed by atoms with van der Waals surface area (Å²) in [6.07, 6.45) is 1.97. The van der Waals surface area contributed by atoms with Gasteiger partial charge in [0.2, 0.25) is 0 Å². The summed E-state index contributed by atoms with van der Waals surface area (Å²) in [5, 5.41) is 5.77. The fourth-order valence-electron chi connectivity index (χ4n) is 3.10. The van der Waals surface area contributed by atoms with Gasteiger partial charge in [0.15, 0.2) is 5.96 Å². The van der Waals surface area contributed by atoms with Gasteiger partial charge in [-0.1, -0.05) is 42.5 Å². The molecule has 0 aliphatic carbocycles. The second-order valence-electron chi connectivity index (χ2n) is 6.43. The van der Waals surface area contributed by atoms with Crippen LogP contribution < -0.4 is 11.1 Å². The zero-order valence-electron chi connectivity index (χ0n) is 14.8.